The number of benzene rings is 1. The standard InChI is InChI=1S/C12H11F3O/c1-3-6-12(14,15)9-4-5-11(13)10(7-9)8(2)16/h3-5,7H,1,6H2,2H3. The van der Waals surface area contributed by atoms with E-state index in [9.17, 15) is 18.0 Å². The molecule has 0 heterocycles. The zero-order valence-corrected chi connectivity index (χ0v) is 8.77. The number of halogens is 3. The summed E-state index contributed by atoms with van der Waals surface area (Å²) in [5.41, 5.74) is -0.694. The van der Waals surface area contributed by atoms with Gasteiger partial charge in [0.1, 0.15) is 5.82 Å². The molecule has 16 heavy (non-hydrogen) atoms. The van der Waals surface area contributed by atoms with Crippen LogP contribution in [0, 0.1) is 5.82 Å². The highest BCUT2D eigenvalue weighted by molar-refractivity contribution is 5.94. The fourth-order valence-corrected chi connectivity index (χ4v) is 1.32. The minimum absolute atomic E-state index is 0.318. The minimum Gasteiger partial charge on any atom is -0.294 e. The number of carbonyl (C=O) groups excluding carboxylic acids is 1. The molecule has 0 amide bonds. The molecule has 0 saturated heterocycles. The fraction of sp³-hybridized carbons (Fsp3) is 0.250. The molecule has 0 radical (unpaired) electrons. The Balaban J connectivity index is 3.21. The molecule has 1 rings (SSSR count). The highest BCUT2D eigenvalue weighted by atomic mass is 19.3. The predicted octanol–water partition coefficient (Wildman–Crippen LogP) is 3.70. The molecule has 0 aliphatic carbocycles. The smallest absolute Gasteiger partial charge is 0.276 e. The summed E-state index contributed by atoms with van der Waals surface area (Å²) >= 11 is 0. The van der Waals surface area contributed by atoms with Crippen LogP contribution in [0.5, 0.6) is 0 Å². The van der Waals surface area contributed by atoms with Gasteiger partial charge < -0.3 is 0 Å². The van der Waals surface area contributed by atoms with Gasteiger partial charge in [-0.2, -0.15) is 0 Å². The molecule has 1 aromatic rings. The second-order valence-corrected chi connectivity index (χ2v) is 3.45. The highest BCUT2D eigenvalue weighted by Crippen LogP contribution is 2.32. The van der Waals surface area contributed by atoms with Gasteiger partial charge in [0.25, 0.3) is 5.92 Å². The van der Waals surface area contributed by atoms with E-state index in [0.29, 0.717) is 0 Å². The van der Waals surface area contributed by atoms with Gasteiger partial charge in [0.15, 0.2) is 5.78 Å². The van der Waals surface area contributed by atoms with Crippen molar-refractivity contribution in [3.8, 4) is 0 Å². The SMILES string of the molecule is C=CCC(F)(F)c1ccc(F)c(C(C)=O)c1. The van der Waals surface area contributed by atoms with E-state index in [0.717, 1.165) is 31.2 Å². The molecule has 0 fully saturated rings. The Morgan fingerprint density at radius 3 is 2.62 bits per heavy atom. The van der Waals surface area contributed by atoms with Crippen molar-refractivity contribution in [2.24, 2.45) is 0 Å². The zero-order valence-electron chi connectivity index (χ0n) is 8.77. The number of alkyl halides is 2. The van der Waals surface area contributed by atoms with Gasteiger partial charge >= 0.3 is 0 Å². The molecule has 0 unspecified atom stereocenters. The third-order valence-electron chi connectivity index (χ3n) is 2.17. The van der Waals surface area contributed by atoms with Gasteiger partial charge in [0, 0.05) is 12.0 Å². The van der Waals surface area contributed by atoms with E-state index in [1.54, 1.807) is 0 Å². The number of Topliss-reactive ketones (excluding diaryl/α,β-unsaturated/α-hetero) is 1. The molecule has 0 N–H and O–H groups in total. The minimum atomic E-state index is -3.13. The van der Waals surface area contributed by atoms with Crippen LogP contribution in [0.3, 0.4) is 0 Å². The van der Waals surface area contributed by atoms with E-state index < -0.39 is 23.9 Å². The predicted molar refractivity (Wildman–Crippen MR) is 55.1 cm³/mol. The Hall–Kier alpha value is -1.58. The van der Waals surface area contributed by atoms with Crippen LogP contribution in [-0.4, -0.2) is 5.78 Å². The van der Waals surface area contributed by atoms with Crippen LogP contribution < -0.4 is 0 Å². The van der Waals surface area contributed by atoms with Gasteiger partial charge in [-0.1, -0.05) is 12.1 Å². The van der Waals surface area contributed by atoms with Crippen LogP contribution >= 0.6 is 0 Å². The first-order chi connectivity index (χ1) is 7.38. The molecular formula is C12H11F3O. The second-order valence-electron chi connectivity index (χ2n) is 3.45. The van der Waals surface area contributed by atoms with Crippen molar-refractivity contribution in [3.05, 3.63) is 47.8 Å². The Morgan fingerprint density at radius 2 is 2.12 bits per heavy atom. The molecule has 0 spiro atoms. The van der Waals surface area contributed by atoms with E-state index in [-0.39, 0.29) is 11.1 Å². The number of hydrogen-bond acceptors (Lipinski definition) is 1. The fourth-order valence-electron chi connectivity index (χ4n) is 1.32. The van der Waals surface area contributed by atoms with Gasteiger partial charge in [-0.25, -0.2) is 13.2 Å². The van der Waals surface area contributed by atoms with Crippen molar-refractivity contribution >= 4 is 5.78 Å². The summed E-state index contributed by atoms with van der Waals surface area (Å²) in [6.45, 7) is 4.36. The average molecular weight is 228 g/mol. The maximum Gasteiger partial charge on any atom is 0.276 e. The Morgan fingerprint density at radius 1 is 1.50 bits per heavy atom. The van der Waals surface area contributed by atoms with Crippen LogP contribution in [0.15, 0.2) is 30.9 Å². The van der Waals surface area contributed by atoms with Crippen LogP contribution in [0.1, 0.15) is 29.3 Å². The number of ketones is 1. The molecule has 86 valence electrons. The largest absolute Gasteiger partial charge is 0.294 e. The van der Waals surface area contributed by atoms with E-state index >= 15 is 0 Å². The first-order valence-electron chi connectivity index (χ1n) is 4.68. The monoisotopic (exact) mass is 228 g/mol. The van der Waals surface area contributed by atoms with E-state index in [1.165, 1.54) is 0 Å². The van der Waals surface area contributed by atoms with Crippen molar-refractivity contribution in [2.45, 2.75) is 19.3 Å². The number of allylic oxidation sites excluding steroid dienone is 1. The third-order valence-corrected chi connectivity index (χ3v) is 2.17. The second kappa shape index (κ2) is 4.51. The summed E-state index contributed by atoms with van der Waals surface area (Å²) in [6.07, 6.45) is 0.534. The molecule has 0 saturated carbocycles. The van der Waals surface area contributed by atoms with Crippen molar-refractivity contribution in [2.75, 3.05) is 0 Å². The molecule has 0 aromatic heterocycles. The van der Waals surface area contributed by atoms with E-state index in [1.807, 2.05) is 0 Å². The quantitative estimate of drug-likeness (QED) is 0.567. The Labute approximate surface area is 91.6 Å². The maximum atomic E-state index is 13.4. The highest BCUT2D eigenvalue weighted by Gasteiger charge is 2.30. The summed E-state index contributed by atoms with van der Waals surface area (Å²) in [5, 5.41) is 0. The van der Waals surface area contributed by atoms with Crippen LogP contribution in [0.25, 0.3) is 0 Å². The summed E-state index contributed by atoms with van der Waals surface area (Å²) in [7, 11) is 0. The molecule has 0 atom stereocenters. The van der Waals surface area contributed by atoms with Crippen molar-refractivity contribution in [1.82, 2.24) is 0 Å². The molecule has 4 heteroatoms. The van der Waals surface area contributed by atoms with Gasteiger partial charge in [-0.15, -0.1) is 6.58 Å². The maximum absolute atomic E-state index is 13.4. The summed E-state index contributed by atoms with van der Waals surface area (Å²) in [6, 6.07) is 2.75. The number of rotatable bonds is 4. The first kappa shape index (κ1) is 12.5. The molecule has 1 aromatic carbocycles. The molecule has 1 nitrogen and oxygen atoms in total. The van der Waals surface area contributed by atoms with E-state index in [4.69, 9.17) is 0 Å². The lowest BCUT2D eigenvalue weighted by Crippen LogP contribution is -2.13. The topological polar surface area (TPSA) is 17.1 Å². The van der Waals surface area contributed by atoms with E-state index in [2.05, 4.69) is 6.58 Å². The summed E-state index contributed by atoms with van der Waals surface area (Å²) in [4.78, 5) is 11.0. The zero-order chi connectivity index (χ0) is 12.3. The molecule has 0 bridgehead atoms. The Kier molecular flexibility index (Phi) is 3.52. The van der Waals surface area contributed by atoms with Crippen LogP contribution in [0.2, 0.25) is 0 Å². The lowest BCUT2D eigenvalue weighted by Gasteiger charge is -2.15. The van der Waals surface area contributed by atoms with Crippen molar-refractivity contribution in [1.29, 1.82) is 0 Å². The molecule has 0 aliphatic heterocycles. The van der Waals surface area contributed by atoms with Gasteiger partial charge in [0.05, 0.1) is 5.56 Å². The third kappa shape index (κ3) is 2.51. The van der Waals surface area contributed by atoms with Crippen LogP contribution in [-0.2, 0) is 5.92 Å². The average Bonchev–Trinajstić information content (AvgIpc) is 2.17. The van der Waals surface area contributed by atoms with Crippen LogP contribution in [0.4, 0.5) is 13.2 Å². The molecule has 0 aliphatic rings. The van der Waals surface area contributed by atoms with Gasteiger partial charge in [0.2, 0.25) is 0 Å². The van der Waals surface area contributed by atoms with Gasteiger partial charge in [-0.05, 0) is 19.1 Å². The van der Waals surface area contributed by atoms with Crippen molar-refractivity contribution in [3.63, 3.8) is 0 Å². The summed E-state index contributed by atoms with van der Waals surface area (Å²) in [5.74, 6) is -4.49. The lowest BCUT2D eigenvalue weighted by atomic mass is 10.0. The van der Waals surface area contributed by atoms with Gasteiger partial charge in [-0.3, -0.25) is 4.79 Å². The normalized spacial score (nSPS) is 11.2. The lowest BCUT2D eigenvalue weighted by molar-refractivity contribution is -0.000938. The first-order valence-corrected chi connectivity index (χ1v) is 4.68. The summed E-state index contributed by atoms with van der Waals surface area (Å²) < 4.78 is 40.0. The molecular weight excluding hydrogens is 217 g/mol. The number of carbonyl (C=O) groups is 1. The van der Waals surface area contributed by atoms with Crippen molar-refractivity contribution < 1.29 is 18.0 Å². The number of hydrogen-bond donors (Lipinski definition) is 0. The Bertz CT molecular complexity index is 424.